The average molecular weight is 395 g/mol. The van der Waals surface area contributed by atoms with Gasteiger partial charge in [0.25, 0.3) is 0 Å². The van der Waals surface area contributed by atoms with Crippen molar-refractivity contribution in [1.82, 2.24) is 0 Å². The zero-order valence-corrected chi connectivity index (χ0v) is 16.9. The first-order valence-corrected chi connectivity index (χ1v) is 10.0. The number of anilines is 1. The minimum atomic E-state index is -1.10. The molecular formula is C22H21NO4S. The number of Topliss-reactive ketones (excluding diaryl/α,β-unsaturated/α-hetero) is 1. The Morgan fingerprint density at radius 1 is 1.14 bits per heavy atom. The van der Waals surface area contributed by atoms with Crippen LogP contribution in [0.3, 0.4) is 0 Å². The summed E-state index contributed by atoms with van der Waals surface area (Å²) in [5, 5.41) is 0. The summed E-state index contributed by atoms with van der Waals surface area (Å²) in [5.41, 5.74) is 4.16. The van der Waals surface area contributed by atoms with E-state index in [1.165, 1.54) is 11.8 Å². The number of esters is 1. The van der Waals surface area contributed by atoms with Gasteiger partial charge in [-0.15, -0.1) is 0 Å². The number of hydrogen-bond donors (Lipinski definition) is 0. The molecule has 0 spiro atoms. The summed E-state index contributed by atoms with van der Waals surface area (Å²) < 4.78 is 5.46. The molecule has 0 aliphatic carbocycles. The smallest absolute Gasteiger partial charge is 0.343 e. The number of ketones is 1. The molecule has 144 valence electrons. The van der Waals surface area contributed by atoms with Crippen LogP contribution >= 0.6 is 11.8 Å². The Balaban J connectivity index is 1.55. The van der Waals surface area contributed by atoms with E-state index in [0.717, 1.165) is 27.3 Å². The van der Waals surface area contributed by atoms with Gasteiger partial charge in [-0.1, -0.05) is 41.6 Å². The van der Waals surface area contributed by atoms with Crippen LogP contribution in [0.15, 0.2) is 41.3 Å². The van der Waals surface area contributed by atoms with Gasteiger partial charge in [0, 0.05) is 23.3 Å². The number of carbonyl (C=O) groups excluding carboxylic acids is 3. The molecule has 0 aromatic heterocycles. The number of hydrogen-bond acceptors (Lipinski definition) is 5. The Labute approximate surface area is 168 Å². The largest absolute Gasteiger partial charge is 0.455 e. The summed E-state index contributed by atoms with van der Waals surface area (Å²) in [5.74, 6) is -0.850. The summed E-state index contributed by atoms with van der Waals surface area (Å²) in [6.07, 6.45) is 0.668. The molecule has 0 radical (unpaired) electrons. The van der Waals surface area contributed by atoms with Crippen LogP contribution in [0.25, 0.3) is 0 Å². The van der Waals surface area contributed by atoms with Crippen molar-refractivity contribution in [3.05, 3.63) is 58.7 Å². The Bertz CT molecular complexity index is 992. The molecule has 1 fully saturated rings. The van der Waals surface area contributed by atoms with Gasteiger partial charge >= 0.3 is 5.97 Å². The number of thioether (sulfide) groups is 1. The van der Waals surface area contributed by atoms with Gasteiger partial charge in [-0.2, -0.15) is 0 Å². The monoisotopic (exact) mass is 395 g/mol. The molecule has 1 atom stereocenters. The van der Waals surface area contributed by atoms with E-state index < -0.39 is 10.8 Å². The first-order valence-electron chi connectivity index (χ1n) is 9.23. The second kappa shape index (κ2) is 6.78. The predicted molar refractivity (Wildman–Crippen MR) is 108 cm³/mol. The Morgan fingerprint density at radius 3 is 2.54 bits per heavy atom. The van der Waals surface area contributed by atoms with Crippen LogP contribution in [-0.2, 0) is 14.3 Å². The first kappa shape index (κ1) is 18.7. The van der Waals surface area contributed by atoms with E-state index in [9.17, 15) is 14.4 Å². The number of amides is 1. The molecule has 0 N–H and O–H groups in total. The van der Waals surface area contributed by atoms with Gasteiger partial charge in [0.2, 0.25) is 11.7 Å². The highest BCUT2D eigenvalue weighted by molar-refractivity contribution is 8.02. The highest BCUT2D eigenvalue weighted by Crippen LogP contribution is 2.56. The SMILES string of the molecule is Cc1cc(C)c(C(=O)COC(=O)[C@@]23CCC(=O)N2c2ccccc2S3)c(C)c1. The Kier molecular flexibility index (Phi) is 4.54. The number of para-hydroxylation sites is 1. The molecule has 2 aromatic rings. The molecule has 2 heterocycles. The van der Waals surface area contributed by atoms with E-state index in [2.05, 4.69) is 0 Å². The molecule has 0 saturated carbocycles. The topological polar surface area (TPSA) is 63.7 Å². The molecule has 5 nitrogen and oxygen atoms in total. The molecule has 0 unspecified atom stereocenters. The van der Waals surface area contributed by atoms with Crippen LogP contribution in [0.2, 0.25) is 0 Å². The van der Waals surface area contributed by atoms with E-state index in [-0.39, 0.29) is 18.3 Å². The molecule has 1 saturated heterocycles. The molecule has 4 rings (SSSR count). The van der Waals surface area contributed by atoms with Gasteiger partial charge in [0.15, 0.2) is 11.5 Å². The van der Waals surface area contributed by atoms with Gasteiger partial charge in [-0.3, -0.25) is 14.5 Å². The Hall–Kier alpha value is -2.60. The molecule has 0 bridgehead atoms. The van der Waals surface area contributed by atoms with Crippen molar-refractivity contribution in [2.45, 2.75) is 43.4 Å². The number of aryl methyl sites for hydroxylation is 3. The van der Waals surface area contributed by atoms with Crippen molar-refractivity contribution in [3.63, 3.8) is 0 Å². The summed E-state index contributed by atoms with van der Waals surface area (Å²) in [6, 6.07) is 11.3. The van der Waals surface area contributed by atoms with E-state index in [1.807, 2.05) is 57.2 Å². The zero-order chi connectivity index (χ0) is 20.1. The van der Waals surface area contributed by atoms with Gasteiger partial charge in [-0.25, -0.2) is 4.79 Å². The van der Waals surface area contributed by atoms with Crippen LogP contribution in [0.5, 0.6) is 0 Å². The standard InChI is InChI=1S/C22H21NO4S/c1-13-10-14(2)20(15(3)11-13)17(24)12-27-21(26)22-9-8-19(25)23(22)16-6-4-5-7-18(16)28-22/h4-7,10-11H,8-9,12H2,1-3H3/t22-/m0/s1. The van der Waals surface area contributed by atoms with Crippen LogP contribution in [0, 0.1) is 20.8 Å². The third-order valence-electron chi connectivity index (χ3n) is 5.28. The molecule has 28 heavy (non-hydrogen) atoms. The molecule has 6 heteroatoms. The number of benzene rings is 2. The van der Waals surface area contributed by atoms with E-state index in [0.29, 0.717) is 18.4 Å². The first-order chi connectivity index (χ1) is 13.3. The fourth-order valence-electron chi connectivity index (χ4n) is 4.21. The maximum absolute atomic E-state index is 13.0. The van der Waals surface area contributed by atoms with Crippen molar-refractivity contribution < 1.29 is 19.1 Å². The van der Waals surface area contributed by atoms with E-state index in [1.54, 1.807) is 4.90 Å². The molecular weight excluding hydrogens is 374 g/mol. The van der Waals surface area contributed by atoms with E-state index >= 15 is 0 Å². The van der Waals surface area contributed by atoms with Crippen LogP contribution < -0.4 is 4.90 Å². The summed E-state index contributed by atoms with van der Waals surface area (Å²) in [7, 11) is 0. The third kappa shape index (κ3) is 2.83. The van der Waals surface area contributed by atoms with Gasteiger partial charge in [-0.05, 0) is 44.0 Å². The lowest BCUT2D eigenvalue weighted by atomic mass is 9.97. The van der Waals surface area contributed by atoms with Gasteiger partial charge in [0.05, 0.1) is 5.69 Å². The lowest BCUT2D eigenvalue weighted by Crippen LogP contribution is -2.48. The molecule has 2 aromatic carbocycles. The lowest BCUT2D eigenvalue weighted by molar-refractivity contribution is -0.145. The zero-order valence-electron chi connectivity index (χ0n) is 16.1. The molecule has 2 aliphatic rings. The van der Waals surface area contributed by atoms with Crippen molar-refractivity contribution in [2.75, 3.05) is 11.5 Å². The fraction of sp³-hybridized carbons (Fsp3) is 0.318. The fourth-order valence-corrected chi connectivity index (χ4v) is 5.62. The number of nitrogens with zero attached hydrogens (tertiary/aromatic N) is 1. The van der Waals surface area contributed by atoms with Crippen LogP contribution in [0.4, 0.5) is 5.69 Å². The predicted octanol–water partition coefficient (Wildman–Crippen LogP) is 3.97. The summed E-state index contributed by atoms with van der Waals surface area (Å²) in [6.45, 7) is 5.42. The molecule has 2 aliphatic heterocycles. The van der Waals surface area contributed by atoms with Crippen molar-refractivity contribution >= 4 is 35.1 Å². The highest BCUT2D eigenvalue weighted by Gasteiger charge is 2.58. The lowest BCUT2D eigenvalue weighted by Gasteiger charge is -2.28. The van der Waals surface area contributed by atoms with Gasteiger partial charge < -0.3 is 4.74 Å². The van der Waals surface area contributed by atoms with Crippen LogP contribution in [-0.4, -0.2) is 29.1 Å². The van der Waals surface area contributed by atoms with Crippen molar-refractivity contribution in [2.24, 2.45) is 0 Å². The number of rotatable bonds is 4. The highest BCUT2D eigenvalue weighted by atomic mass is 32.2. The number of ether oxygens (including phenoxy) is 1. The van der Waals surface area contributed by atoms with Crippen LogP contribution in [0.1, 0.15) is 39.9 Å². The second-order valence-electron chi connectivity index (χ2n) is 7.36. The minimum Gasteiger partial charge on any atom is -0.455 e. The summed E-state index contributed by atoms with van der Waals surface area (Å²) in [4.78, 5) is 39.5. The normalized spacial score (nSPS) is 20.1. The van der Waals surface area contributed by atoms with Crippen molar-refractivity contribution in [1.29, 1.82) is 0 Å². The van der Waals surface area contributed by atoms with Gasteiger partial charge in [0.1, 0.15) is 0 Å². The maximum Gasteiger partial charge on any atom is 0.343 e. The number of fused-ring (bicyclic) bond motifs is 3. The summed E-state index contributed by atoms with van der Waals surface area (Å²) >= 11 is 1.34. The average Bonchev–Trinajstić information content (AvgIpc) is 3.14. The second-order valence-corrected chi connectivity index (χ2v) is 8.68. The quantitative estimate of drug-likeness (QED) is 0.579. The Morgan fingerprint density at radius 2 is 1.82 bits per heavy atom. The van der Waals surface area contributed by atoms with Crippen molar-refractivity contribution in [3.8, 4) is 0 Å². The maximum atomic E-state index is 13.0. The third-order valence-corrected chi connectivity index (χ3v) is 6.74. The van der Waals surface area contributed by atoms with E-state index in [4.69, 9.17) is 4.74 Å². The minimum absolute atomic E-state index is 0.0917. The number of carbonyl (C=O) groups is 3. The molecule has 1 amide bonds.